The van der Waals surface area contributed by atoms with E-state index in [1.807, 2.05) is 6.92 Å². The number of nitrogens with zero attached hydrogens (tertiary/aromatic N) is 5. The molecule has 2 aromatic heterocycles. The minimum atomic E-state index is -0.397. The smallest absolute Gasteiger partial charge is 0.290 e. The summed E-state index contributed by atoms with van der Waals surface area (Å²) >= 11 is 0.872. The summed E-state index contributed by atoms with van der Waals surface area (Å²) in [5, 5.41) is 5.85. The molecule has 1 N–H and O–H groups in total. The Hall–Kier alpha value is -2.75. The predicted octanol–water partition coefficient (Wildman–Crippen LogP) is 2.13. The number of rotatable bonds is 4. The molecule has 0 bridgehead atoms. The van der Waals surface area contributed by atoms with E-state index in [4.69, 9.17) is 4.52 Å². The second-order valence-electron chi connectivity index (χ2n) is 6.32. The molecule has 2 aliphatic rings. The number of aromatic nitrogens is 4. The van der Waals surface area contributed by atoms with Crippen LogP contribution >= 0.6 is 11.8 Å². The number of aryl methyl sites for hydroxylation is 1. The summed E-state index contributed by atoms with van der Waals surface area (Å²) in [7, 11) is 0. The van der Waals surface area contributed by atoms with E-state index in [9.17, 15) is 9.59 Å². The number of imide groups is 1. The van der Waals surface area contributed by atoms with Gasteiger partial charge in [0.25, 0.3) is 11.1 Å². The molecule has 4 heterocycles. The van der Waals surface area contributed by atoms with Crippen LogP contribution in [0.5, 0.6) is 0 Å². The lowest BCUT2D eigenvalue weighted by Gasteiger charge is -2.31. The van der Waals surface area contributed by atoms with Gasteiger partial charge in [-0.3, -0.25) is 14.9 Å². The largest absolute Gasteiger partial charge is 0.340 e. The van der Waals surface area contributed by atoms with Crippen LogP contribution in [0, 0.1) is 0 Å². The normalized spacial score (nSPS) is 21.7. The number of carbonyl (C=O) groups excluding carboxylic acids is 2. The van der Waals surface area contributed by atoms with Crippen molar-refractivity contribution in [2.75, 3.05) is 18.0 Å². The maximum atomic E-state index is 11.7. The average Bonchev–Trinajstić information content (AvgIpc) is 3.28. The van der Waals surface area contributed by atoms with Gasteiger partial charge in [0, 0.05) is 25.7 Å². The molecule has 0 aliphatic carbocycles. The van der Waals surface area contributed by atoms with Crippen molar-refractivity contribution in [3.8, 4) is 0 Å². The minimum Gasteiger partial charge on any atom is -0.340 e. The summed E-state index contributed by atoms with van der Waals surface area (Å²) in [5.41, 5.74) is 0.584. The van der Waals surface area contributed by atoms with E-state index < -0.39 is 5.91 Å². The highest BCUT2D eigenvalue weighted by molar-refractivity contribution is 8.18. The van der Waals surface area contributed by atoms with Gasteiger partial charge in [-0.05, 0) is 36.7 Å². The van der Waals surface area contributed by atoms with Crippen LogP contribution in [0.3, 0.4) is 0 Å². The first-order valence-electron chi connectivity index (χ1n) is 8.77. The lowest BCUT2D eigenvalue weighted by Crippen LogP contribution is -2.35. The Kier molecular flexibility index (Phi) is 4.88. The highest BCUT2D eigenvalue weighted by Crippen LogP contribution is 2.29. The molecule has 9 nitrogen and oxygen atoms in total. The summed E-state index contributed by atoms with van der Waals surface area (Å²) in [6.45, 7) is 3.52. The van der Waals surface area contributed by atoms with E-state index in [-0.39, 0.29) is 11.2 Å². The highest BCUT2D eigenvalue weighted by Gasteiger charge is 2.28. The van der Waals surface area contributed by atoms with Crippen molar-refractivity contribution >= 4 is 34.9 Å². The molecule has 1 atom stereocenters. The maximum Gasteiger partial charge on any atom is 0.290 e. The second-order valence-corrected chi connectivity index (χ2v) is 7.34. The van der Waals surface area contributed by atoms with Gasteiger partial charge in [0.1, 0.15) is 0 Å². The van der Waals surface area contributed by atoms with Gasteiger partial charge in [0.15, 0.2) is 5.82 Å². The van der Waals surface area contributed by atoms with Crippen LogP contribution in [0.25, 0.3) is 6.08 Å². The van der Waals surface area contributed by atoms with E-state index in [0.717, 1.165) is 37.6 Å². The zero-order valence-electron chi connectivity index (χ0n) is 14.7. The third kappa shape index (κ3) is 3.85. The molecule has 0 saturated carbocycles. The molecular formula is C17H18N6O3S. The summed E-state index contributed by atoms with van der Waals surface area (Å²) < 4.78 is 5.40. The Morgan fingerprint density at radius 3 is 3.04 bits per heavy atom. The summed E-state index contributed by atoms with van der Waals surface area (Å²) in [6.07, 6.45) is 5.94. The first-order chi connectivity index (χ1) is 13.1. The molecule has 4 rings (SSSR count). The van der Waals surface area contributed by atoms with Gasteiger partial charge in [-0.15, -0.1) is 0 Å². The van der Waals surface area contributed by atoms with Crippen LogP contribution in [0.4, 0.5) is 10.7 Å². The zero-order chi connectivity index (χ0) is 18.8. The van der Waals surface area contributed by atoms with E-state index in [2.05, 4.69) is 30.3 Å². The summed E-state index contributed by atoms with van der Waals surface area (Å²) in [4.78, 5) is 38.8. The van der Waals surface area contributed by atoms with Crippen molar-refractivity contribution in [2.24, 2.45) is 0 Å². The van der Waals surface area contributed by atoms with Gasteiger partial charge in [0.2, 0.25) is 11.8 Å². The lowest BCUT2D eigenvalue weighted by molar-refractivity contribution is -0.115. The quantitative estimate of drug-likeness (QED) is 0.789. The maximum absolute atomic E-state index is 11.7. The van der Waals surface area contributed by atoms with Crippen LogP contribution in [-0.4, -0.2) is 44.3 Å². The van der Waals surface area contributed by atoms with Crippen molar-refractivity contribution in [1.29, 1.82) is 0 Å². The first-order valence-corrected chi connectivity index (χ1v) is 9.59. The number of hydrogen-bond donors (Lipinski definition) is 1. The molecule has 2 amide bonds. The molecule has 2 aliphatic heterocycles. The standard InChI is InChI=1S/C17H18N6O3S/c1-2-13-20-15(26-22-13)10-4-3-7-23(9-10)16-18-6-5-11(19-16)8-12-14(24)21-17(25)27-12/h5-6,8,10H,2-4,7,9H2,1H3,(H,21,24,25). The van der Waals surface area contributed by atoms with Gasteiger partial charge in [-0.25, -0.2) is 9.97 Å². The third-order valence-electron chi connectivity index (χ3n) is 4.44. The zero-order valence-corrected chi connectivity index (χ0v) is 15.5. The topological polar surface area (TPSA) is 114 Å². The van der Waals surface area contributed by atoms with Gasteiger partial charge < -0.3 is 9.42 Å². The molecule has 2 fully saturated rings. The SMILES string of the molecule is CCc1noc(C2CCCN(c3nccc(C=C4SC(=O)NC4=O)n3)C2)n1. The fraction of sp³-hybridized carbons (Fsp3) is 0.412. The average molecular weight is 386 g/mol. The first kappa shape index (κ1) is 17.7. The Morgan fingerprint density at radius 1 is 1.41 bits per heavy atom. The number of thioether (sulfide) groups is 1. The van der Waals surface area contributed by atoms with Crippen molar-refractivity contribution in [1.82, 2.24) is 25.4 Å². The second kappa shape index (κ2) is 7.47. The van der Waals surface area contributed by atoms with Crippen LogP contribution in [-0.2, 0) is 11.2 Å². The fourth-order valence-electron chi connectivity index (χ4n) is 3.09. The monoisotopic (exact) mass is 386 g/mol. The molecule has 0 aromatic carbocycles. The van der Waals surface area contributed by atoms with Gasteiger partial charge in [-0.2, -0.15) is 4.98 Å². The van der Waals surface area contributed by atoms with E-state index in [1.54, 1.807) is 18.3 Å². The Morgan fingerprint density at radius 2 is 2.30 bits per heavy atom. The van der Waals surface area contributed by atoms with Gasteiger partial charge in [-0.1, -0.05) is 12.1 Å². The Labute approximate surface area is 159 Å². The third-order valence-corrected chi connectivity index (χ3v) is 5.25. The molecule has 10 heteroatoms. The molecule has 2 saturated heterocycles. The molecule has 27 heavy (non-hydrogen) atoms. The van der Waals surface area contributed by atoms with Crippen LogP contribution in [0.2, 0.25) is 0 Å². The van der Waals surface area contributed by atoms with E-state index in [1.165, 1.54) is 0 Å². The van der Waals surface area contributed by atoms with Crippen LogP contribution in [0.1, 0.15) is 43.1 Å². The van der Waals surface area contributed by atoms with Crippen molar-refractivity contribution < 1.29 is 14.1 Å². The lowest BCUT2D eigenvalue weighted by atomic mass is 9.98. The molecule has 0 spiro atoms. The van der Waals surface area contributed by atoms with E-state index in [0.29, 0.717) is 34.8 Å². The number of hydrogen-bond acceptors (Lipinski definition) is 9. The number of amides is 2. The van der Waals surface area contributed by atoms with E-state index >= 15 is 0 Å². The van der Waals surface area contributed by atoms with Crippen molar-refractivity contribution in [3.05, 3.63) is 34.6 Å². The minimum absolute atomic E-state index is 0.144. The number of nitrogens with one attached hydrogen (secondary N) is 1. The molecule has 0 radical (unpaired) electrons. The molecular weight excluding hydrogens is 368 g/mol. The number of carbonyl (C=O) groups is 2. The molecule has 2 aromatic rings. The predicted molar refractivity (Wildman–Crippen MR) is 99.0 cm³/mol. The summed E-state index contributed by atoms with van der Waals surface area (Å²) in [5.74, 6) is 1.71. The summed E-state index contributed by atoms with van der Waals surface area (Å²) in [6, 6.07) is 1.71. The Balaban J connectivity index is 1.52. The van der Waals surface area contributed by atoms with Crippen molar-refractivity contribution in [2.45, 2.75) is 32.1 Å². The fourth-order valence-corrected chi connectivity index (χ4v) is 3.75. The van der Waals surface area contributed by atoms with Crippen LogP contribution in [0.15, 0.2) is 21.7 Å². The Bertz CT molecular complexity index is 912. The number of anilines is 1. The van der Waals surface area contributed by atoms with Gasteiger partial charge in [0.05, 0.1) is 16.5 Å². The highest BCUT2D eigenvalue weighted by atomic mass is 32.2. The van der Waals surface area contributed by atoms with Gasteiger partial charge >= 0.3 is 0 Å². The van der Waals surface area contributed by atoms with Crippen molar-refractivity contribution in [3.63, 3.8) is 0 Å². The number of piperidine rings is 1. The molecule has 1 unspecified atom stereocenters. The molecule has 140 valence electrons. The van der Waals surface area contributed by atoms with Crippen LogP contribution < -0.4 is 10.2 Å².